The van der Waals surface area contributed by atoms with Gasteiger partial charge in [-0.1, -0.05) is 41.5 Å². The Bertz CT molecular complexity index is 462. The zero-order valence-corrected chi connectivity index (χ0v) is 17.2. The maximum absolute atomic E-state index is 6.33. The number of hydrogen-bond donors (Lipinski definition) is 1. The van der Waals surface area contributed by atoms with Gasteiger partial charge < -0.3 is 14.6 Å². The Hall–Kier alpha value is -0.696. The van der Waals surface area contributed by atoms with Crippen LogP contribution >= 0.6 is 0 Å². The third-order valence-corrected chi connectivity index (χ3v) is 9.17. The highest BCUT2D eigenvalue weighted by Gasteiger charge is 2.33. The predicted molar refractivity (Wildman–Crippen MR) is 96.2 cm³/mol. The van der Waals surface area contributed by atoms with Gasteiger partial charge in [-0.2, -0.15) is 0 Å². The van der Waals surface area contributed by atoms with Gasteiger partial charge in [0.1, 0.15) is 5.82 Å². The van der Waals surface area contributed by atoms with Gasteiger partial charge in [0.15, 0.2) is 6.29 Å². The lowest BCUT2D eigenvalue weighted by Gasteiger charge is -2.34. The molecule has 0 atom stereocenters. The molecule has 0 saturated heterocycles. The summed E-state index contributed by atoms with van der Waals surface area (Å²) in [5.41, 5.74) is 6.88. The van der Waals surface area contributed by atoms with Crippen molar-refractivity contribution in [3.05, 3.63) is 23.9 Å². The topological polar surface area (TPSA) is 57.4 Å². The van der Waals surface area contributed by atoms with Gasteiger partial charge >= 0.3 is 0 Å². The number of nitrogens with zero attached hydrogens (tertiary/aromatic N) is 1. The minimum absolute atomic E-state index is 0.131. The highest BCUT2D eigenvalue weighted by molar-refractivity contribution is 6.55. The lowest BCUT2D eigenvalue weighted by atomic mass is 10.2. The molecule has 1 aromatic rings. The summed E-state index contributed by atoms with van der Waals surface area (Å²) in [5.74, 6) is 0.486. The smallest absolute Gasteiger partial charge is 0.217 e. The molecule has 0 aliphatic carbocycles. The van der Waals surface area contributed by atoms with Crippen LogP contribution in [0.1, 0.15) is 53.4 Å². The SMILES string of the molecule is C[Si](OC(O[Si](C)C(C)(C)C)c1cccnc1N)C(C)(C)C. The van der Waals surface area contributed by atoms with Crippen LogP contribution in [0.5, 0.6) is 0 Å². The van der Waals surface area contributed by atoms with Gasteiger partial charge in [0.2, 0.25) is 18.1 Å². The van der Waals surface area contributed by atoms with Crippen molar-refractivity contribution >= 4 is 23.9 Å². The first-order chi connectivity index (χ1) is 9.93. The summed E-state index contributed by atoms with van der Waals surface area (Å²) in [5, 5.41) is 0.261. The summed E-state index contributed by atoms with van der Waals surface area (Å²) in [6, 6.07) is 3.83. The van der Waals surface area contributed by atoms with E-state index < -0.39 is 24.4 Å². The molecule has 0 aromatic carbocycles. The number of nitrogen functional groups attached to an aromatic ring is 1. The number of nitrogens with two attached hydrogens (primary N) is 1. The minimum Gasteiger partial charge on any atom is -0.389 e. The fourth-order valence-corrected chi connectivity index (χ4v) is 3.25. The Morgan fingerprint density at radius 1 is 1.00 bits per heavy atom. The molecule has 6 heteroatoms. The maximum Gasteiger partial charge on any atom is 0.217 e. The summed E-state index contributed by atoms with van der Waals surface area (Å²) < 4.78 is 12.7. The van der Waals surface area contributed by atoms with E-state index in [0.717, 1.165) is 5.56 Å². The fraction of sp³-hybridized carbons (Fsp3) is 0.688. The van der Waals surface area contributed by atoms with E-state index in [4.69, 9.17) is 14.6 Å². The van der Waals surface area contributed by atoms with Gasteiger partial charge in [0.25, 0.3) is 0 Å². The van der Waals surface area contributed by atoms with Crippen molar-refractivity contribution in [3.63, 3.8) is 0 Å². The number of hydrogen-bond acceptors (Lipinski definition) is 4. The van der Waals surface area contributed by atoms with Crippen molar-refractivity contribution in [1.82, 2.24) is 4.98 Å². The number of aromatic nitrogens is 1. The molecule has 124 valence electrons. The van der Waals surface area contributed by atoms with Gasteiger partial charge in [-0.3, -0.25) is 0 Å². The van der Waals surface area contributed by atoms with Crippen LogP contribution in [0.2, 0.25) is 23.2 Å². The van der Waals surface area contributed by atoms with Crippen molar-refractivity contribution in [1.29, 1.82) is 0 Å². The number of pyridine rings is 1. The Morgan fingerprint density at radius 2 is 1.45 bits per heavy atom. The summed E-state index contributed by atoms with van der Waals surface area (Å²) in [6.07, 6.45) is 1.27. The molecule has 1 aromatic heterocycles. The second-order valence-corrected chi connectivity index (χ2v) is 13.4. The molecule has 4 nitrogen and oxygen atoms in total. The Balaban J connectivity index is 3.03. The van der Waals surface area contributed by atoms with Crippen LogP contribution in [0.25, 0.3) is 0 Å². The van der Waals surface area contributed by atoms with Crippen molar-refractivity contribution < 1.29 is 8.85 Å². The van der Waals surface area contributed by atoms with Crippen LogP contribution in [-0.2, 0) is 8.85 Å². The molecular formula is C16H30N2O2Si2. The van der Waals surface area contributed by atoms with Crippen LogP contribution in [-0.4, -0.2) is 23.1 Å². The monoisotopic (exact) mass is 338 g/mol. The lowest BCUT2D eigenvalue weighted by Crippen LogP contribution is -2.34. The summed E-state index contributed by atoms with van der Waals surface area (Å²) >= 11 is 0. The molecule has 22 heavy (non-hydrogen) atoms. The highest BCUT2D eigenvalue weighted by Crippen LogP contribution is 2.36. The van der Waals surface area contributed by atoms with Gasteiger partial charge in [-0.05, 0) is 35.3 Å². The molecule has 0 amide bonds. The molecule has 2 radical (unpaired) electrons. The molecule has 0 saturated carbocycles. The van der Waals surface area contributed by atoms with E-state index in [1.54, 1.807) is 6.20 Å². The molecule has 0 bridgehead atoms. The summed E-state index contributed by atoms with van der Waals surface area (Å²) in [7, 11) is -2.10. The first-order valence-electron chi connectivity index (χ1n) is 7.64. The van der Waals surface area contributed by atoms with E-state index >= 15 is 0 Å². The first-order valence-corrected chi connectivity index (χ1v) is 11.5. The number of rotatable bonds is 5. The van der Waals surface area contributed by atoms with Gasteiger partial charge in [0.05, 0.1) is 0 Å². The van der Waals surface area contributed by atoms with E-state index in [-0.39, 0.29) is 10.1 Å². The predicted octanol–water partition coefficient (Wildman–Crippen LogP) is 4.54. The van der Waals surface area contributed by atoms with Crippen molar-refractivity contribution in [3.8, 4) is 0 Å². The highest BCUT2D eigenvalue weighted by atomic mass is 28.3. The minimum atomic E-state index is -1.05. The average Bonchev–Trinajstić information content (AvgIpc) is 2.36. The van der Waals surface area contributed by atoms with Crippen LogP contribution in [0, 0.1) is 0 Å². The van der Waals surface area contributed by atoms with E-state index in [1.807, 2.05) is 12.1 Å². The van der Waals surface area contributed by atoms with Crippen LogP contribution < -0.4 is 5.73 Å². The van der Waals surface area contributed by atoms with E-state index in [9.17, 15) is 0 Å². The zero-order chi connectivity index (χ0) is 17.1. The van der Waals surface area contributed by atoms with Gasteiger partial charge in [-0.25, -0.2) is 4.98 Å². The molecule has 0 spiro atoms. The van der Waals surface area contributed by atoms with Crippen LogP contribution in [0.4, 0.5) is 5.82 Å². The standard InChI is InChI=1S/C16H30N2O2Si2/c1-15(2,3)21(7)19-14(20-22(8)16(4,5)6)12-10-9-11-18-13(12)17/h9-11,14H,1-8H3,(H2,17,18). The largest absolute Gasteiger partial charge is 0.389 e. The molecule has 0 unspecified atom stereocenters. The van der Waals surface area contributed by atoms with Gasteiger partial charge in [0, 0.05) is 11.8 Å². The maximum atomic E-state index is 6.33. The molecule has 2 N–H and O–H groups in total. The fourth-order valence-electron chi connectivity index (χ4n) is 1.45. The normalized spacial score (nSPS) is 13.4. The van der Waals surface area contributed by atoms with E-state index in [2.05, 4.69) is 59.6 Å². The van der Waals surface area contributed by atoms with Crippen molar-refractivity contribution in [2.75, 3.05) is 5.73 Å². The molecule has 0 aliphatic rings. The summed E-state index contributed by atoms with van der Waals surface area (Å²) in [4.78, 5) is 4.18. The van der Waals surface area contributed by atoms with E-state index in [1.165, 1.54) is 0 Å². The third kappa shape index (κ3) is 5.50. The number of anilines is 1. The zero-order valence-electron chi connectivity index (χ0n) is 15.2. The Kier molecular flexibility index (Phi) is 6.38. The van der Waals surface area contributed by atoms with Crippen molar-refractivity contribution in [2.24, 2.45) is 0 Å². The molecular weight excluding hydrogens is 308 g/mol. The lowest BCUT2D eigenvalue weighted by molar-refractivity contribution is -0.00717. The quantitative estimate of drug-likeness (QED) is 0.632. The Morgan fingerprint density at radius 3 is 1.82 bits per heavy atom. The first kappa shape index (κ1) is 19.4. The second-order valence-electron chi connectivity index (χ2n) is 7.66. The second kappa shape index (κ2) is 7.25. The summed E-state index contributed by atoms with van der Waals surface area (Å²) in [6.45, 7) is 17.6. The van der Waals surface area contributed by atoms with Crippen LogP contribution in [0.15, 0.2) is 18.3 Å². The molecule has 0 aliphatic heterocycles. The Labute approximate surface area is 138 Å². The average molecular weight is 339 g/mol. The van der Waals surface area contributed by atoms with Gasteiger partial charge in [-0.15, -0.1) is 0 Å². The molecule has 1 heterocycles. The van der Waals surface area contributed by atoms with Crippen LogP contribution in [0.3, 0.4) is 0 Å². The van der Waals surface area contributed by atoms with E-state index in [0.29, 0.717) is 5.82 Å². The molecule has 1 rings (SSSR count). The molecule has 0 fully saturated rings. The third-order valence-electron chi connectivity index (χ3n) is 3.81. The van der Waals surface area contributed by atoms with Crippen molar-refractivity contribution in [2.45, 2.75) is 71.0 Å².